The second kappa shape index (κ2) is 9.79. The molecular formula is C23H21N3O2. The summed E-state index contributed by atoms with van der Waals surface area (Å²) in [5, 5.41) is 13.5. The second-order valence-corrected chi connectivity index (χ2v) is 5.93. The quantitative estimate of drug-likeness (QED) is 0.448. The van der Waals surface area contributed by atoms with Crippen molar-refractivity contribution in [3.05, 3.63) is 89.5 Å². The average molecular weight is 371 g/mol. The van der Waals surface area contributed by atoms with Gasteiger partial charge in [0.15, 0.2) is 11.5 Å². The van der Waals surface area contributed by atoms with Gasteiger partial charge in [-0.1, -0.05) is 36.4 Å². The average Bonchev–Trinajstić information content (AvgIpc) is 2.74. The number of hydrazone groups is 1. The highest BCUT2D eigenvalue weighted by Crippen LogP contribution is 2.29. The maximum absolute atomic E-state index is 9.20. The Hall–Kier alpha value is -3.78. The summed E-state index contributed by atoms with van der Waals surface area (Å²) in [6.07, 6.45) is 1.73. The maximum Gasteiger partial charge on any atom is 0.161 e. The van der Waals surface area contributed by atoms with E-state index in [1.54, 1.807) is 12.3 Å². The minimum atomic E-state index is 0.298. The molecule has 0 fully saturated rings. The third-order valence-electron chi connectivity index (χ3n) is 3.97. The highest BCUT2D eigenvalue weighted by molar-refractivity contribution is 5.81. The Bertz CT molecular complexity index is 979. The van der Waals surface area contributed by atoms with E-state index in [4.69, 9.17) is 9.47 Å². The van der Waals surface area contributed by atoms with Crippen LogP contribution in [-0.2, 0) is 6.61 Å². The minimum Gasteiger partial charge on any atom is -0.490 e. The van der Waals surface area contributed by atoms with Crippen molar-refractivity contribution in [1.82, 2.24) is 0 Å². The number of benzene rings is 3. The van der Waals surface area contributed by atoms with Crippen LogP contribution in [0.5, 0.6) is 11.5 Å². The van der Waals surface area contributed by atoms with Crippen LogP contribution >= 0.6 is 0 Å². The third kappa shape index (κ3) is 5.12. The summed E-state index contributed by atoms with van der Waals surface area (Å²) in [6.45, 7) is 2.74. The van der Waals surface area contributed by atoms with Crippen LogP contribution in [0.15, 0.2) is 77.9 Å². The molecule has 0 aliphatic rings. The molecule has 0 heterocycles. The lowest BCUT2D eigenvalue weighted by Crippen LogP contribution is -2.02. The van der Waals surface area contributed by atoms with Crippen molar-refractivity contribution >= 4 is 11.9 Å². The molecule has 28 heavy (non-hydrogen) atoms. The first-order chi connectivity index (χ1) is 13.8. The lowest BCUT2D eigenvalue weighted by molar-refractivity contribution is 0.269. The molecule has 0 saturated heterocycles. The molecule has 0 bridgehead atoms. The van der Waals surface area contributed by atoms with E-state index in [0.717, 1.165) is 16.8 Å². The number of hydrogen-bond donors (Lipinski definition) is 1. The number of anilines is 1. The van der Waals surface area contributed by atoms with Gasteiger partial charge in [0.1, 0.15) is 6.61 Å². The lowest BCUT2D eigenvalue weighted by Gasteiger charge is -2.13. The SMILES string of the molecule is CCOc1cc(C=NNc2ccccc2)ccc1OCc1ccccc1C#N. The largest absolute Gasteiger partial charge is 0.490 e. The molecule has 140 valence electrons. The number of hydrogen-bond acceptors (Lipinski definition) is 5. The molecule has 3 aromatic carbocycles. The number of ether oxygens (including phenoxy) is 2. The van der Waals surface area contributed by atoms with E-state index in [-0.39, 0.29) is 0 Å². The molecule has 0 aliphatic carbocycles. The Morgan fingerprint density at radius 2 is 1.75 bits per heavy atom. The summed E-state index contributed by atoms with van der Waals surface area (Å²) in [5.74, 6) is 1.27. The second-order valence-electron chi connectivity index (χ2n) is 5.93. The highest BCUT2D eigenvalue weighted by Gasteiger charge is 2.08. The number of rotatable bonds is 8. The standard InChI is InChI=1S/C23H21N3O2/c1-2-27-23-14-18(16-25-26-21-10-4-3-5-11-21)12-13-22(23)28-17-20-9-7-6-8-19(20)15-24/h3-14,16,26H,2,17H2,1H3. The Morgan fingerprint density at radius 3 is 2.54 bits per heavy atom. The molecule has 3 aromatic rings. The summed E-state index contributed by atoms with van der Waals surface area (Å²) in [6, 6.07) is 24.9. The molecule has 0 amide bonds. The van der Waals surface area contributed by atoms with Gasteiger partial charge in [-0.2, -0.15) is 10.4 Å². The zero-order valence-electron chi connectivity index (χ0n) is 15.6. The van der Waals surface area contributed by atoms with Crippen LogP contribution in [0.2, 0.25) is 0 Å². The Morgan fingerprint density at radius 1 is 0.964 bits per heavy atom. The molecule has 0 radical (unpaired) electrons. The number of nitrogens with zero attached hydrogens (tertiary/aromatic N) is 2. The molecule has 0 saturated carbocycles. The van der Waals surface area contributed by atoms with Crippen molar-refractivity contribution in [2.24, 2.45) is 5.10 Å². The zero-order chi connectivity index (χ0) is 19.6. The molecule has 0 atom stereocenters. The van der Waals surface area contributed by atoms with Crippen LogP contribution in [0.3, 0.4) is 0 Å². The van der Waals surface area contributed by atoms with E-state index in [1.165, 1.54) is 0 Å². The van der Waals surface area contributed by atoms with Gasteiger partial charge in [0.05, 0.1) is 30.1 Å². The van der Waals surface area contributed by atoms with Crippen LogP contribution in [-0.4, -0.2) is 12.8 Å². The van der Waals surface area contributed by atoms with Crippen LogP contribution in [0, 0.1) is 11.3 Å². The van der Waals surface area contributed by atoms with Crippen molar-refractivity contribution in [3.8, 4) is 17.6 Å². The van der Waals surface area contributed by atoms with Gasteiger partial charge in [-0.3, -0.25) is 5.43 Å². The summed E-state index contributed by atoms with van der Waals surface area (Å²) in [7, 11) is 0. The predicted octanol–water partition coefficient (Wildman–Crippen LogP) is 4.98. The molecular weight excluding hydrogens is 350 g/mol. The molecule has 5 nitrogen and oxygen atoms in total. The van der Waals surface area contributed by atoms with Gasteiger partial charge >= 0.3 is 0 Å². The molecule has 0 unspecified atom stereocenters. The van der Waals surface area contributed by atoms with E-state index in [0.29, 0.717) is 30.3 Å². The fourth-order valence-corrected chi connectivity index (χ4v) is 2.60. The minimum absolute atomic E-state index is 0.298. The monoisotopic (exact) mass is 371 g/mol. The Kier molecular flexibility index (Phi) is 6.64. The number of para-hydroxylation sites is 1. The molecule has 5 heteroatoms. The molecule has 0 aromatic heterocycles. The number of nitriles is 1. The fraction of sp³-hybridized carbons (Fsp3) is 0.130. The van der Waals surface area contributed by atoms with Crippen molar-refractivity contribution in [2.45, 2.75) is 13.5 Å². The Balaban J connectivity index is 1.71. The van der Waals surface area contributed by atoms with Gasteiger partial charge in [-0.15, -0.1) is 0 Å². The van der Waals surface area contributed by atoms with Gasteiger partial charge in [-0.05, 0) is 48.9 Å². The van der Waals surface area contributed by atoms with Crippen LogP contribution in [0.1, 0.15) is 23.6 Å². The summed E-state index contributed by atoms with van der Waals surface area (Å²) in [5.41, 5.74) is 6.23. The zero-order valence-corrected chi connectivity index (χ0v) is 15.6. The fourth-order valence-electron chi connectivity index (χ4n) is 2.60. The number of nitrogens with one attached hydrogen (secondary N) is 1. The summed E-state index contributed by atoms with van der Waals surface area (Å²) >= 11 is 0. The van der Waals surface area contributed by atoms with Gasteiger partial charge in [-0.25, -0.2) is 0 Å². The van der Waals surface area contributed by atoms with E-state index in [1.807, 2.05) is 73.7 Å². The van der Waals surface area contributed by atoms with Gasteiger partial charge < -0.3 is 9.47 Å². The van der Waals surface area contributed by atoms with E-state index in [2.05, 4.69) is 16.6 Å². The van der Waals surface area contributed by atoms with Crippen LogP contribution < -0.4 is 14.9 Å². The van der Waals surface area contributed by atoms with E-state index < -0.39 is 0 Å². The first kappa shape index (κ1) is 19.0. The Labute approximate surface area is 164 Å². The molecule has 0 aliphatic heterocycles. The summed E-state index contributed by atoms with van der Waals surface area (Å²) < 4.78 is 11.6. The third-order valence-corrected chi connectivity index (χ3v) is 3.97. The highest BCUT2D eigenvalue weighted by atomic mass is 16.5. The van der Waals surface area contributed by atoms with Gasteiger partial charge in [0.25, 0.3) is 0 Å². The summed E-state index contributed by atoms with van der Waals surface area (Å²) in [4.78, 5) is 0. The first-order valence-corrected chi connectivity index (χ1v) is 9.02. The lowest BCUT2D eigenvalue weighted by atomic mass is 10.1. The van der Waals surface area contributed by atoms with Crippen LogP contribution in [0.25, 0.3) is 0 Å². The molecule has 0 spiro atoms. The van der Waals surface area contributed by atoms with Crippen molar-refractivity contribution in [3.63, 3.8) is 0 Å². The van der Waals surface area contributed by atoms with Crippen molar-refractivity contribution in [1.29, 1.82) is 5.26 Å². The van der Waals surface area contributed by atoms with Crippen LogP contribution in [0.4, 0.5) is 5.69 Å². The first-order valence-electron chi connectivity index (χ1n) is 9.02. The van der Waals surface area contributed by atoms with E-state index in [9.17, 15) is 5.26 Å². The normalized spacial score (nSPS) is 10.4. The van der Waals surface area contributed by atoms with Crippen molar-refractivity contribution < 1.29 is 9.47 Å². The molecule has 1 N–H and O–H groups in total. The van der Waals surface area contributed by atoms with Crippen molar-refractivity contribution in [2.75, 3.05) is 12.0 Å². The molecule has 3 rings (SSSR count). The smallest absolute Gasteiger partial charge is 0.161 e. The van der Waals surface area contributed by atoms with Gasteiger partial charge in [0, 0.05) is 5.56 Å². The topological polar surface area (TPSA) is 66.6 Å². The van der Waals surface area contributed by atoms with E-state index >= 15 is 0 Å². The van der Waals surface area contributed by atoms with Gasteiger partial charge in [0.2, 0.25) is 0 Å². The maximum atomic E-state index is 9.20. The predicted molar refractivity (Wildman–Crippen MR) is 111 cm³/mol.